The molecule has 134 valence electrons. The average molecular weight is 338 g/mol. The molecule has 2 heterocycles. The highest BCUT2D eigenvalue weighted by molar-refractivity contribution is 5.29. The molecule has 2 fully saturated rings. The first-order valence-corrected chi connectivity index (χ1v) is 8.65. The Bertz CT molecular complexity index is 537. The number of hydrogen-bond acceptors (Lipinski definition) is 5. The predicted molar refractivity (Wildman–Crippen MR) is 89.6 cm³/mol. The van der Waals surface area contributed by atoms with Gasteiger partial charge in [0.25, 0.3) is 0 Å². The molecule has 24 heavy (non-hydrogen) atoms. The Hall–Kier alpha value is -1.21. The van der Waals surface area contributed by atoms with E-state index in [9.17, 15) is 9.50 Å². The number of benzene rings is 1. The average Bonchev–Trinajstić information content (AvgIpc) is 2.99. The van der Waals surface area contributed by atoms with E-state index in [1.54, 1.807) is 19.2 Å². The quantitative estimate of drug-likeness (QED) is 0.845. The van der Waals surface area contributed by atoms with Gasteiger partial charge in [-0.15, -0.1) is 0 Å². The summed E-state index contributed by atoms with van der Waals surface area (Å²) >= 11 is 0. The van der Waals surface area contributed by atoms with E-state index in [1.165, 1.54) is 6.07 Å². The summed E-state index contributed by atoms with van der Waals surface area (Å²) in [5, 5.41) is 9.72. The van der Waals surface area contributed by atoms with E-state index >= 15 is 0 Å². The van der Waals surface area contributed by atoms with Crippen molar-refractivity contribution in [3.63, 3.8) is 0 Å². The molecule has 5 nitrogen and oxygen atoms in total. The Labute approximate surface area is 143 Å². The number of likely N-dealkylation sites (tertiary alicyclic amines) is 1. The fourth-order valence-corrected chi connectivity index (χ4v) is 3.73. The lowest BCUT2D eigenvalue weighted by Gasteiger charge is -2.30. The molecule has 1 aromatic rings. The second-order valence-corrected chi connectivity index (χ2v) is 6.77. The number of ether oxygens (including phenoxy) is 2. The van der Waals surface area contributed by atoms with E-state index < -0.39 is 0 Å². The summed E-state index contributed by atoms with van der Waals surface area (Å²) in [7, 11) is 1.59. The fourth-order valence-electron chi connectivity index (χ4n) is 3.73. The normalized spacial score (nSPS) is 26.0. The van der Waals surface area contributed by atoms with Crippen LogP contribution in [0.25, 0.3) is 0 Å². The summed E-state index contributed by atoms with van der Waals surface area (Å²) in [6, 6.07) is 4.86. The van der Waals surface area contributed by atoms with E-state index in [4.69, 9.17) is 9.47 Å². The van der Waals surface area contributed by atoms with Crippen LogP contribution in [0.2, 0.25) is 0 Å². The maximum Gasteiger partial charge on any atom is 0.127 e. The summed E-state index contributed by atoms with van der Waals surface area (Å²) in [4.78, 5) is 4.65. The van der Waals surface area contributed by atoms with Crippen molar-refractivity contribution in [3.05, 3.63) is 29.6 Å². The van der Waals surface area contributed by atoms with Crippen LogP contribution < -0.4 is 4.74 Å². The van der Waals surface area contributed by atoms with Crippen molar-refractivity contribution >= 4 is 0 Å². The van der Waals surface area contributed by atoms with Crippen molar-refractivity contribution in [2.24, 2.45) is 11.8 Å². The molecule has 6 heteroatoms. The third-order valence-electron chi connectivity index (χ3n) is 5.13. The zero-order chi connectivity index (χ0) is 16.9. The fraction of sp³-hybridized carbons (Fsp3) is 0.667. The molecule has 2 saturated heterocycles. The van der Waals surface area contributed by atoms with E-state index in [2.05, 4.69) is 9.80 Å². The molecular weight excluding hydrogens is 311 g/mol. The van der Waals surface area contributed by atoms with Crippen LogP contribution in [0, 0.1) is 17.7 Å². The molecule has 3 rings (SSSR count). The maximum absolute atomic E-state index is 14.1. The van der Waals surface area contributed by atoms with Gasteiger partial charge in [0.1, 0.15) is 11.6 Å². The smallest absolute Gasteiger partial charge is 0.127 e. The highest BCUT2D eigenvalue weighted by atomic mass is 19.1. The lowest BCUT2D eigenvalue weighted by atomic mass is 9.96. The minimum absolute atomic E-state index is 0.187. The third kappa shape index (κ3) is 4.25. The monoisotopic (exact) mass is 338 g/mol. The van der Waals surface area contributed by atoms with Crippen LogP contribution in [0.3, 0.4) is 0 Å². The lowest BCUT2D eigenvalue weighted by Crippen LogP contribution is -2.41. The molecule has 2 aliphatic heterocycles. The molecular formula is C18H27FN2O3. The molecule has 0 radical (unpaired) electrons. The largest absolute Gasteiger partial charge is 0.497 e. The van der Waals surface area contributed by atoms with Gasteiger partial charge in [-0.2, -0.15) is 0 Å². The first-order valence-electron chi connectivity index (χ1n) is 8.65. The van der Waals surface area contributed by atoms with Crippen molar-refractivity contribution in [2.45, 2.75) is 6.54 Å². The minimum Gasteiger partial charge on any atom is -0.497 e. The minimum atomic E-state index is -0.201. The molecule has 0 aromatic heterocycles. The third-order valence-corrected chi connectivity index (χ3v) is 5.13. The summed E-state index contributed by atoms with van der Waals surface area (Å²) < 4.78 is 24.6. The lowest BCUT2D eigenvalue weighted by molar-refractivity contribution is 0.0264. The van der Waals surface area contributed by atoms with Gasteiger partial charge in [-0.3, -0.25) is 9.80 Å². The van der Waals surface area contributed by atoms with E-state index in [-0.39, 0.29) is 18.3 Å². The second-order valence-electron chi connectivity index (χ2n) is 6.77. The van der Waals surface area contributed by atoms with Crippen molar-refractivity contribution in [1.29, 1.82) is 0 Å². The molecule has 0 unspecified atom stereocenters. The Morgan fingerprint density at radius 2 is 1.96 bits per heavy atom. The van der Waals surface area contributed by atoms with Crippen molar-refractivity contribution < 1.29 is 19.0 Å². The van der Waals surface area contributed by atoms with E-state index in [1.807, 2.05) is 0 Å². The molecule has 0 bridgehead atoms. The van der Waals surface area contributed by atoms with Crippen LogP contribution >= 0.6 is 0 Å². The Morgan fingerprint density at radius 1 is 1.21 bits per heavy atom. The molecule has 0 amide bonds. The number of rotatable bonds is 6. The highest BCUT2D eigenvalue weighted by Crippen LogP contribution is 2.27. The Kier molecular flexibility index (Phi) is 6.05. The number of aliphatic hydroxyl groups excluding tert-OH is 1. The van der Waals surface area contributed by atoms with Gasteiger partial charge in [0.15, 0.2) is 0 Å². The second kappa shape index (κ2) is 8.25. The topological polar surface area (TPSA) is 45.2 Å². The molecule has 0 aliphatic carbocycles. The van der Waals surface area contributed by atoms with Gasteiger partial charge in [0.2, 0.25) is 0 Å². The summed E-state index contributed by atoms with van der Waals surface area (Å²) in [6.45, 7) is 6.90. The molecule has 0 saturated carbocycles. The molecule has 2 atom stereocenters. The van der Waals surface area contributed by atoms with Crippen LogP contribution in [0.15, 0.2) is 18.2 Å². The molecule has 1 aromatic carbocycles. The van der Waals surface area contributed by atoms with Crippen LogP contribution in [-0.2, 0) is 11.3 Å². The van der Waals surface area contributed by atoms with E-state index in [0.29, 0.717) is 23.8 Å². The van der Waals surface area contributed by atoms with Gasteiger partial charge in [-0.1, -0.05) is 0 Å². The molecule has 1 N–H and O–H groups in total. The van der Waals surface area contributed by atoms with Gasteiger partial charge in [0, 0.05) is 51.4 Å². The predicted octanol–water partition coefficient (Wildman–Crippen LogP) is 1.21. The highest BCUT2D eigenvalue weighted by Gasteiger charge is 2.33. The standard InChI is InChI=1S/C18H27FN2O3/c1-23-17-2-3-18(19)14(8-17)9-21-11-15(16(12-21)13-22)10-20-4-6-24-7-5-20/h2-3,8,15-16,22H,4-7,9-13H2,1H3/t15-,16-/m1/s1. The van der Waals surface area contributed by atoms with Crippen LogP contribution in [0.4, 0.5) is 4.39 Å². The maximum atomic E-state index is 14.1. The Balaban J connectivity index is 1.61. The summed E-state index contributed by atoms with van der Waals surface area (Å²) in [6.07, 6.45) is 0. The zero-order valence-corrected chi connectivity index (χ0v) is 14.3. The molecule has 0 spiro atoms. The van der Waals surface area contributed by atoms with E-state index in [0.717, 1.165) is 45.9 Å². The van der Waals surface area contributed by atoms with Gasteiger partial charge >= 0.3 is 0 Å². The first-order chi connectivity index (χ1) is 11.7. The van der Waals surface area contributed by atoms with Gasteiger partial charge in [-0.25, -0.2) is 4.39 Å². The Morgan fingerprint density at radius 3 is 2.67 bits per heavy atom. The van der Waals surface area contributed by atoms with Crippen molar-refractivity contribution in [2.75, 3.05) is 59.7 Å². The summed E-state index contributed by atoms with van der Waals surface area (Å²) in [5.74, 6) is 1.14. The van der Waals surface area contributed by atoms with Crippen LogP contribution in [0.1, 0.15) is 5.56 Å². The first kappa shape index (κ1) is 17.6. The van der Waals surface area contributed by atoms with Crippen molar-refractivity contribution in [3.8, 4) is 5.75 Å². The van der Waals surface area contributed by atoms with Gasteiger partial charge in [-0.05, 0) is 30.0 Å². The zero-order valence-electron chi connectivity index (χ0n) is 14.3. The SMILES string of the molecule is COc1ccc(F)c(CN2C[C@@H](CN3CCOCC3)[C@@H](CO)C2)c1. The van der Waals surface area contributed by atoms with Gasteiger partial charge < -0.3 is 14.6 Å². The summed E-state index contributed by atoms with van der Waals surface area (Å²) in [5.41, 5.74) is 0.651. The van der Waals surface area contributed by atoms with Gasteiger partial charge in [0.05, 0.1) is 20.3 Å². The van der Waals surface area contributed by atoms with Crippen LogP contribution in [-0.4, -0.2) is 74.6 Å². The number of methoxy groups -OCH3 is 1. The number of nitrogens with zero attached hydrogens (tertiary/aromatic N) is 2. The molecule has 2 aliphatic rings. The number of morpholine rings is 1. The van der Waals surface area contributed by atoms with Crippen molar-refractivity contribution in [1.82, 2.24) is 9.80 Å². The number of hydrogen-bond donors (Lipinski definition) is 1. The van der Waals surface area contributed by atoms with Crippen LogP contribution in [0.5, 0.6) is 5.75 Å². The number of aliphatic hydroxyl groups is 1. The number of halogens is 1.